The van der Waals surface area contributed by atoms with Gasteiger partial charge in [0.05, 0.1) is 6.04 Å². The van der Waals surface area contributed by atoms with Gasteiger partial charge < -0.3 is 5.73 Å². The fraction of sp³-hybridized carbons (Fsp3) is 0.750. The molecule has 0 fully saturated rings. The van der Waals surface area contributed by atoms with Gasteiger partial charge in [-0.05, 0) is 37.6 Å². The Balaban J connectivity index is 2.71. The Hall–Kier alpha value is -0.380. The third kappa shape index (κ3) is 4.90. The smallest absolute Gasteiger partial charge is 0.0561 e. The van der Waals surface area contributed by atoms with Gasteiger partial charge in [0.1, 0.15) is 0 Å². The van der Waals surface area contributed by atoms with Crippen LogP contribution in [0.2, 0.25) is 0 Å². The first-order valence-electron chi connectivity index (χ1n) is 7.40. The van der Waals surface area contributed by atoms with Crippen LogP contribution in [-0.4, -0.2) is 25.0 Å². The SMILES string of the molecule is CCCCCN(C)C(CN)c1ccc(C(C)(C)C)s1. The molecule has 3 heteroatoms. The van der Waals surface area contributed by atoms with Gasteiger partial charge in [-0.1, -0.05) is 40.5 Å². The van der Waals surface area contributed by atoms with Crippen LogP contribution in [0.5, 0.6) is 0 Å². The summed E-state index contributed by atoms with van der Waals surface area (Å²) < 4.78 is 0. The van der Waals surface area contributed by atoms with Crippen molar-refractivity contribution in [1.82, 2.24) is 4.90 Å². The molecular formula is C16H30N2S. The van der Waals surface area contributed by atoms with Gasteiger partial charge in [-0.3, -0.25) is 4.90 Å². The minimum atomic E-state index is 0.239. The number of hydrogen-bond acceptors (Lipinski definition) is 3. The fourth-order valence-electron chi connectivity index (χ4n) is 2.22. The lowest BCUT2D eigenvalue weighted by Crippen LogP contribution is -2.30. The molecule has 0 aliphatic heterocycles. The first-order valence-corrected chi connectivity index (χ1v) is 8.22. The van der Waals surface area contributed by atoms with Gasteiger partial charge in [0.25, 0.3) is 0 Å². The lowest BCUT2D eigenvalue weighted by molar-refractivity contribution is 0.248. The molecule has 0 aliphatic rings. The van der Waals surface area contributed by atoms with Crippen molar-refractivity contribution >= 4 is 11.3 Å². The topological polar surface area (TPSA) is 29.3 Å². The van der Waals surface area contributed by atoms with Crippen LogP contribution in [0.25, 0.3) is 0 Å². The van der Waals surface area contributed by atoms with E-state index in [9.17, 15) is 0 Å². The highest BCUT2D eigenvalue weighted by Gasteiger charge is 2.21. The summed E-state index contributed by atoms with van der Waals surface area (Å²) in [6, 6.07) is 4.90. The Morgan fingerprint density at radius 3 is 2.42 bits per heavy atom. The lowest BCUT2D eigenvalue weighted by atomic mass is 9.95. The molecule has 19 heavy (non-hydrogen) atoms. The first kappa shape index (κ1) is 16.7. The van der Waals surface area contributed by atoms with Crippen molar-refractivity contribution < 1.29 is 0 Å². The molecule has 1 rings (SSSR count). The highest BCUT2D eigenvalue weighted by atomic mass is 32.1. The van der Waals surface area contributed by atoms with Crippen molar-refractivity contribution in [2.45, 2.75) is 58.4 Å². The zero-order chi connectivity index (χ0) is 14.5. The maximum Gasteiger partial charge on any atom is 0.0561 e. The van der Waals surface area contributed by atoms with Gasteiger partial charge in [0.2, 0.25) is 0 Å². The summed E-state index contributed by atoms with van der Waals surface area (Å²) >= 11 is 1.92. The lowest BCUT2D eigenvalue weighted by Gasteiger charge is -2.26. The second-order valence-corrected chi connectivity index (χ2v) is 7.51. The predicted molar refractivity (Wildman–Crippen MR) is 87.0 cm³/mol. The maximum absolute atomic E-state index is 5.99. The summed E-state index contributed by atoms with van der Waals surface area (Å²) in [7, 11) is 2.20. The predicted octanol–water partition coefficient (Wildman–Crippen LogP) is 4.17. The van der Waals surface area contributed by atoms with Crippen LogP contribution in [-0.2, 0) is 5.41 Å². The Morgan fingerprint density at radius 2 is 1.95 bits per heavy atom. The van der Waals surface area contributed by atoms with Crippen LogP contribution < -0.4 is 5.73 Å². The van der Waals surface area contributed by atoms with E-state index in [2.05, 4.69) is 51.8 Å². The molecule has 110 valence electrons. The van der Waals surface area contributed by atoms with Crippen LogP contribution >= 0.6 is 11.3 Å². The van der Waals surface area contributed by atoms with Crippen molar-refractivity contribution in [1.29, 1.82) is 0 Å². The number of rotatable bonds is 7. The molecule has 0 amide bonds. The van der Waals surface area contributed by atoms with Gasteiger partial charge in [0.15, 0.2) is 0 Å². The number of thiophene rings is 1. The third-order valence-corrected chi connectivity index (χ3v) is 5.18. The number of hydrogen-bond donors (Lipinski definition) is 1. The van der Waals surface area contributed by atoms with Crippen molar-refractivity contribution in [3.05, 3.63) is 21.9 Å². The highest BCUT2D eigenvalue weighted by Crippen LogP contribution is 2.33. The van der Waals surface area contributed by atoms with E-state index in [1.165, 1.54) is 29.0 Å². The molecule has 1 aromatic rings. The van der Waals surface area contributed by atoms with Gasteiger partial charge in [0, 0.05) is 16.3 Å². The summed E-state index contributed by atoms with van der Waals surface area (Å²) in [6.45, 7) is 10.9. The van der Waals surface area contributed by atoms with Gasteiger partial charge >= 0.3 is 0 Å². The molecule has 2 N–H and O–H groups in total. The van der Waals surface area contributed by atoms with Gasteiger partial charge in [-0.15, -0.1) is 11.3 Å². The van der Waals surface area contributed by atoms with Crippen molar-refractivity contribution in [3.8, 4) is 0 Å². The molecule has 0 aliphatic carbocycles. The molecule has 2 nitrogen and oxygen atoms in total. The second kappa shape index (κ2) is 7.41. The van der Waals surface area contributed by atoms with Crippen molar-refractivity contribution in [2.24, 2.45) is 5.73 Å². The van der Waals surface area contributed by atoms with E-state index in [0.717, 1.165) is 6.54 Å². The molecule has 0 spiro atoms. The van der Waals surface area contributed by atoms with E-state index in [1.54, 1.807) is 0 Å². The minimum Gasteiger partial charge on any atom is -0.329 e. The molecule has 0 radical (unpaired) electrons. The van der Waals surface area contributed by atoms with Gasteiger partial charge in [-0.2, -0.15) is 0 Å². The van der Waals surface area contributed by atoms with Crippen LogP contribution in [0.15, 0.2) is 12.1 Å². The van der Waals surface area contributed by atoms with E-state index in [4.69, 9.17) is 5.73 Å². The monoisotopic (exact) mass is 282 g/mol. The number of unbranched alkanes of at least 4 members (excludes halogenated alkanes) is 2. The Bertz CT molecular complexity index is 365. The standard InChI is InChI=1S/C16H30N2S/c1-6-7-8-11-18(5)13(12-17)14-9-10-15(19-14)16(2,3)4/h9-10,13H,6-8,11-12,17H2,1-5H3. The molecule has 0 bridgehead atoms. The second-order valence-electron chi connectivity index (χ2n) is 6.39. The molecule has 0 saturated carbocycles. The van der Waals surface area contributed by atoms with E-state index < -0.39 is 0 Å². The summed E-state index contributed by atoms with van der Waals surface area (Å²) in [4.78, 5) is 5.27. The van der Waals surface area contributed by atoms with Crippen LogP contribution in [0, 0.1) is 0 Å². The molecule has 0 saturated heterocycles. The van der Waals surface area contributed by atoms with E-state index in [-0.39, 0.29) is 5.41 Å². The Labute approximate surface area is 123 Å². The summed E-state index contributed by atoms with van der Waals surface area (Å²) in [5, 5.41) is 0. The highest BCUT2D eigenvalue weighted by molar-refractivity contribution is 7.12. The Kier molecular flexibility index (Phi) is 6.51. The zero-order valence-corrected chi connectivity index (χ0v) is 14.0. The van der Waals surface area contributed by atoms with Crippen LogP contribution in [0.4, 0.5) is 0 Å². The quantitative estimate of drug-likeness (QED) is 0.761. The number of likely N-dealkylation sites (N-methyl/N-ethyl adjacent to an activating group) is 1. The van der Waals surface area contributed by atoms with Crippen molar-refractivity contribution in [2.75, 3.05) is 20.1 Å². The molecular weight excluding hydrogens is 252 g/mol. The molecule has 1 aromatic heterocycles. The molecule has 0 aromatic carbocycles. The average molecular weight is 282 g/mol. The largest absolute Gasteiger partial charge is 0.329 e. The zero-order valence-electron chi connectivity index (χ0n) is 13.2. The molecule has 1 unspecified atom stereocenters. The summed E-state index contributed by atoms with van der Waals surface area (Å²) in [5.74, 6) is 0. The van der Waals surface area contributed by atoms with E-state index in [0.29, 0.717) is 12.6 Å². The van der Waals surface area contributed by atoms with Gasteiger partial charge in [-0.25, -0.2) is 0 Å². The third-order valence-electron chi connectivity index (χ3n) is 3.56. The minimum absolute atomic E-state index is 0.239. The number of nitrogens with zero attached hydrogens (tertiary/aromatic N) is 1. The van der Waals surface area contributed by atoms with E-state index >= 15 is 0 Å². The molecule has 1 atom stereocenters. The molecule has 1 heterocycles. The average Bonchev–Trinajstić information content (AvgIpc) is 2.79. The van der Waals surface area contributed by atoms with Crippen LogP contribution in [0.1, 0.15) is 62.8 Å². The first-order chi connectivity index (χ1) is 8.90. The normalized spacial score (nSPS) is 14.1. The maximum atomic E-state index is 5.99. The Morgan fingerprint density at radius 1 is 1.26 bits per heavy atom. The summed E-state index contributed by atoms with van der Waals surface area (Å²) in [6.07, 6.45) is 3.84. The fourth-order valence-corrected chi connectivity index (χ4v) is 3.46. The van der Waals surface area contributed by atoms with Crippen LogP contribution in [0.3, 0.4) is 0 Å². The summed E-state index contributed by atoms with van der Waals surface area (Å²) in [5.41, 5.74) is 6.23. The number of nitrogens with two attached hydrogens (primary N) is 1. The van der Waals surface area contributed by atoms with Crippen molar-refractivity contribution in [3.63, 3.8) is 0 Å². The van der Waals surface area contributed by atoms with E-state index in [1.807, 2.05) is 11.3 Å².